The first-order valence-corrected chi connectivity index (χ1v) is 4.59. The summed E-state index contributed by atoms with van der Waals surface area (Å²) in [5.41, 5.74) is 5.97. The van der Waals surface area contributed by atoms with Gasteiger partial charge in [-0.25, -0.2) is 0 Å². The third-order valence-corrected chi connectivity index (χ3v) is 1.87. The highest BCUT2D eigenvalue weighted by Gasteiger charge is 1.92. The Hall–Kier alpha value is -1.46. The average Bonchev–Trinajstić information content (AvgIpc) is 2.12. The summed E-state index contributed by atoms with van der Waals surface area (Å²) in [7, 11) is 0. The van der Waals surface area contributed by atoms with Crippen molar-refractivity contribution in [3.8, 4) is 11.8 Å². The topological polar surface area (TPSA) is 43.1 Å². The Morgan fingerprint density at radius 3 is 2.93 bits per heavy atom. The first-order valence-electron chi connectivity index (χ1n) is 4.21. The third-order valence-electron chi connectivity index (χ3n) is 1.64. The molecule has 0 aromatic heterocycles. The minimum atomic E-state index is -0.587. The van der Waals surface area contributed by atoms with Gasteiger partial charge in [0.1, 0.15) is 0 Å². The van der Waals surface area contributed by atoms with Crippen LogP contribution in [0.15, 0.2) is 24.3 Å². The van der Waals surface area contributed by atoms with E-state index >= 15 is 0 Å². The Bertz CT molecular complexity index is 390. The molecule has 14 heavy (non-hydrogen) atoms. The van der Waals surface area contributed by atoms with Crippen molar-refractivity contribution in [2.45, 2.75) is 12.8 Å². The monoisotopic (exact) mass is 207 g/mol. The van der Waals surface area contributed by atoms with E-state index in [0.717, 1.165) is 12.0 Å². The molecule has 1 aromatic rings. The Kier molecular flexibility index (Phi) is 4.03. The fraction of sp³-hybridized carbons (Fsp3) is 0.182. The zero-order chi connectivity index (χ0) is 10.4. The molecule has 1 aromatic carbocycles. The zero-order valence-electron chi connectivity index (χ0n) is 7.59. The van der Waals surface area contributed by atoms with E-state index in [0.29, 0.717) is 11.4 Å². The lowest BCUT2D eigenvalue weighted by molar-refractivity contribution is -0.112. The van der Waals surface area contributed by atoms with Gasteiger partial charge in [-0.15, -0.1) is 0 Å². The van der Waals surface area contributed by atoms with Crippen molar-refractivity contribution in [1.29, 1.82) is 0 Å². The molecule has 0 aliphatic carbocycles. The summed E-state index contributed by atoms with van der Waals surface area (Å²) in [6.07, 6.45) is 1.39. The molecule has 0 atom stereocenters. The van der Waals surface area contributed by atoms with Crippen molar-refractivity contribution >= 4 is 17.5 Å². The summed E-state index contributed by atoms with van der Waals surface area (Å²) in [6.45, 7) is 0. The van der Waals surface area contributed by atoms with Gasteiger partial charge in [0.05, 0.1) is 0 Å². The number of halogens is 1. The fourth-order valence-electron chi connectivity index (χ4n) is 1.05. The maximum Gasteiger partial charge on any atom is 0.293 e. The molecule has 0 spiro atoms. The first-order chi connectivity index (χ1) is 6.68. The molecule has 0 aliphatic rings. The van der Waals surface area contributed by atoms with Crippen molar-refractivity contribution in [2.75, 3.05) is 0 Å². The van der Waals surface area contributed by atoms with Gasteiger partial charge in [-0.1, -0.05) is 29.7 Å². The van der Waals surface area contributed by atoms with Crippen LogP contribution < -0.4 is 5.73 Å². The lowest BCUT2D eigenvalue weighted by Crippen LogP contribution is -2.06. The lowest BCUT2D eigenvalue weighted by Gasteiger charge is -1.96. The number of amides is 1. The Morgan fingerprint density at radius 1 is 1.50 bits per heavy atom. The number of nitrogens with two attached hydrogens (primary N) is 1. The third kappa shape index (κ3) is 3.97. The number of hydrogen-bond donors (Lipinski definition) is 1. The summed E-state index contributed by atoms with van der Waals surface area (Å²) >= 11 is 5.80. The molecule has 1 rings (SSSR count). The van der Waals surface area contributed by atoms with Gasteiger partial charge in [0.25, 0.3) is 5.91 Å². The summed E-state index contributed by atoms with van der Waals surface area (Å²) in [4.78, 5) is 10.3. The molecule has 0 heterocycles. The number of carbonyl (C=O) groups is 1. The number of hydrogen-bond acceptors (Lipinski definition) is 1. The smallest absolute Gasteiger partial charge is 0.293 e. The number of rotatable bonds is 2. The van der Waals surface area contributed by atoms with E-state index in [1.165, 1.54) is 0 Å². The van der Waals surface area contributed by atoms with Gasteiger partial charge in [-0.2, -0.15) is 0 Å². The molecule has 1 amide bonds. The SMILES string of the molecule is NC(=O)C#CCCc1cccc(Cl)c1. The van der Waals surface area contributed by atoms with E-state index in [9.17, 15) is 4.79 Å². The highest BCUT2D eigenvalue weighted by atomic mass is 35.5. The fourth-order valence-corrected chi connectivity index (χ4v) is 1.26. The summed E-state index contributed by atoms with van der Waals surface area (Å²) in [6, 6.07) is 7.56. The number of benzene rings is 1. The summed E-state index contributed by atoms with van der Waals surface area (Å²) < 4.78 is 0. The zero-order valence-corrected chi connectivity index (χ0v) is 8.34. The molecule has 0 aliphatic heterocycles. The van der Waals surface area contributed by atoms with E-state index < -0.39 is 5.91 Å². The van der Waals surface area contributed by atoms with Gasteiger partial charge in [-0.3, -0.25) is 4.79 Å². The van der Waals surface area contributed by atoms with Crippen LogP contribution in [0.25, 0.3) is 0 Å². The maximum atomic E-state index is 10.3. The molecule has 0 saturated carbocycles. The number of aryl methyl sites for hydroxylation is 1. The normalized spacial score (nSPS) is 8.93. The molecular formula is C11H10ClNO. The first kappa shape index (κ1) is 10.6. The van der Waals surface area contributed by atoms with Gasteiger partial charge in [0.2, 0.25) is 0 Å². The van der Waals surface area contributed by atoms with Crippen molar-refractivity contribution < 1.29 is 4.79 Å². The maximum absolute atomic E-state index is 10.3. The Balaban J connectivity index is 2.47. The van der Waals surface area contributed by atoms with Crippen LogP contribution in [0.4, 0.5) is 0 Å². The standard InChI is InChI=1S/C11H10ClNO/c12-10-6-3-5-9(8-10)4-1-2-7-11(13)14/h3,5-6,8H,1,4H2,(H2,13,14). The van der Waals surface area contributed by atoms with Gasteiger partial charge >= 0.3 is 0 Å². The van der Waals surface area contributed by atoms with Gasteiger partial charge in [0, 0.05) is 11.4 Å². The summed E-state index contributed by atoms with van der Waals surface area (Å²) in [5.74, 6) is 4.38. The molecule has 0 bridgehead atoms. The number of carbonyl (C=O) groups excluding carboxylic acids is 1. The van der Waals surface area contributed by atoms with Crippen LogP contribution in [0.3, 0.4) is 0 Å². The van der Waals surface area contributed by atoms with Gasteiger partial charge in [0.15, 0.2) is 0 Å². The minimum Gasteiger partial charge on any atom is -0.359 e. The number of primary amides is 1. The lowest BCUT2D eigenvalue weighted by atomic mass is 10.1. The molecule has 0 fully saturated rings. The molecule has 3 heteroatoms. The van der Waals surface area contributed by atoms with Crippen LogP contribution in [0.2, 0.25) is 5.02 Å². The largest absolute Gasteiger partial charge is 0.359 e. The minimum absolute atomic E-state index is 0.587. The molecule has 2 N–H and O–H groups in total. The molecule has 72 valence electrons. The predicted octanol–water partition coefficient (Wildman–Crippen LogP) is 1.76. The second kappa shape index (κ2) is 5.31. The average molecular weight is 208 g/mol. The van der Waals surface area contributed by atoms with Crippen molar-refractivity contribution in [3.05, 3.63) is 34.9 Å². The predicted molar refractivity (Wildman–Crippen MR) is 56.7 cm³/mol. The van der Waals surface area contributed by atoms with Gasteiger partial charge in [-0.05, 0) is 30.0 Å². The molecule has 0 radical (unpaired) electrons. The van der Waals surface area contributed by atoms with Crippen LogP contribution in [0.1, 0.15) is 12.0 Å². The highest BCUT2D eigenvalue weighted by molar-refractivity contribution is 6.30. The second-order valence-electron chi connectivity index (χ2n) is 2.80. The van der Waals surface area contributed by atoms with E-state index in [-0.39, 0.29) is 0 Å². The van der Waals surface area contributed by atoms with E-state index in [1.807, 2.05) is 24.3 Å². The van der Waals surface area contributed by atoms with Crippen molar-refractivity contribution in [2.24, 2.45) is 5.73 Å². The van der Waals surface area contributed by atoms with Crippen LogP contribution in [0, 0.1) is 11.8 Å². The summed E-state index contributed by atoms with van der Waals surface area (Å²) in [5, 5.41) is 0.713. The van der Waals surface area contributed by atoms with Crippen molar-refractivity contribution in [3.63, 3.8) is 0 Å². The molecule has 2 nitrogen and oxygen atoms in total. The quantitative estimate of drug-likeness (QED) is 0.738. The molecule has 0 saturated heterocycles. The molecular weight excluding hydrogens is 198 g/mol. The van der Waals surface area contributed by atoms with Crippen LogP contribution >= 0.6 is 11.6 Å². The second-order valence-corrected chi connectivity index (χ2v) is 3.23. The highest BCUT2D eigenvalue weighted by Crippen LogP contribution is 2.11. The Labute approximate surface area is 88.1 Å². The van der Waals surface area contributed by atoms with Crippen molar-refractivity contribution in [1.82, 2.24) is 0 Å². The Morgan fingerprint density at radius 2 is 2.29 bits per heavy atom. The van der Waals surface area contributed by atoms with E-state index in [1.54, 1.807) is 0 Å². The van der Waals surface area contributed by atoms with Crippen LogP contribution in [-0.2, 0) is 11.2 Å². The van der Waals surface area contributed by atoms with Crippen LogP contribution in [0.5, 0.6) is 0 Å². The van der Waals surface area contributed by atoms with Crippen LogP contribution in [-0.4, -0.2) is 5.91 Å². The molecule has 0 unspecified atom stereocenters. The van der Waals surface area contributed by atoms with Gasteiger partial charge < -0.3 is 5.73 Å². The van der Waals surface area contributed by atoms with E-state index in [4.69, 9.17) is 17.3 Å². The van der Waals surface area contributed by atoms with E-state index in [2.05, 4.69) is 11.8 Å².